The Labute approximate surface area is 158 Å². The highest BCUT2D eigenvalue weighted by atomic mass is 35.5. The van der Waals surface area contributed by atoms with E-state index in [2.05, 4.69) is 10.3 Å². The number of nitrogens with zero attached hydrogens (tertiary/aromatic N) is 2. The molecule has 2 fully saturated rings. The molecule has 26 heavy (non-hydrogen) atoms. The number of methoxy groups -OCH3 is 2. The molecule has 0 aromatic carbocycles. The Hall–Kier alpha value is -1.41. The summed E-state index contributed by atoms with van der Waals surface area (Å²) in [6.07, 6.45) is 2.84. The summed E-state index contributed by atoms with van der Waals surface area (Å²) in [6, 6.07) is 3.86. The first kappa shape index (κ1) is 19.4. The van der Waals surface area contributed by atoms with Gasteiger partial charge in [0.15, 0.2) is 0 Å². The van der Waals surface area contributed by atoms with E-state index in [1.54, 1.807) is 19.2 Å². The second-order valence-corrected chi connectivity index (χ2v) is 7.13. The molecule has 0 bridgehead atoms. The molecule has 0 saturated carbocycles. The van der Waals surface area contributed by atoms with Crippen LogP contribution in [0.1, 0.15) is 29.8 Å². The van der Waals surface area contributed by atoms with Gasteiger partial charge in [-0.3, -0.25) is 4.79 Å². The fourth-order valence-corrected chi connectivity index (χ4v) is 3.73. The highest BCUT2D eigenvalue weighted by Gasteiger charge is 2.30. The van der Waals surface area contributed by atoms with Crippen molar-refractivity contribution in [1.82, 2.24) is 15.2 Å². The molecule has 8 heteroatoms. The summed E-state index contributed by atoms with van der Waals surface area (Å²) in [5.74, 6) is 0.243. The van der Waals surface area contributed by atoms with Crippen molar-refractivity contribution in [3.05, 3.63) is 22.8 Å². The largest absolute Gasteiger partial charge is 0.481 e. The van der Waals surface area contributed by atoms with Gasteiger partial charge in [0.2, 0.25) is 5.88 Å². The van der Waals surface area contributed by atoms with Crippen LogP contribution in [0.3, 0.4) is 0 Å². The Balaban J connectivity index is 1.54. The normalized spacial score (nSPS) is 24.5. The van der Waals surface area contributed by atoms with E-state index in [1.807, 2.05) is 4.90 Å². The molecule has 1 N–H and O–H groups in total. The Morgan fingerprint density at radius 2 is 2.08 bits per heavy atom. The smallest absolute Gasteiger partial charge is 0.272 e. The molecule has 2 aliphatic rings. The van der Waals surface area contributed by atoms with E-state index >= 15 is 0 Å². The summed E-state index contributed by atoms with van der Waals surface area (Å²) in [4.78, 5) is 18.8. The van der Waals surface area contributed by atoms with Crippen molar-refractivity contribution in [2.75, 3.05) is 40.5 Å². The average Bonchev–Trinajstić information content (AvgIpc) is 2.68. The summed E-state index contributed by atoms with van der Waals surface area (Å²) in [7, 11) is 3.23. The Morgan fingerprint density at radius 3 is 2.77 bits per heavy atom. The molecule has 2 saturated heterocycles. The van der Waals surface area contributed by atoms with Crippen LogP contribution in [0, 0.1) is 0 Å². The zero-order valence-corrected chi connectivity index (χ0v) is 16.0. The average molecular weight is 384 g/mol. The number of likely N-dealkylation sites (tertiary alicyclic amines) is 1. The summed E-state index contributed by atoms with van der Waals surface area (Å²) in [5.41, 5.74) is 0.324. The number of amides is 1. The van der Waals surface area contributed by atoms with Crippen LogP contribution in [0.4, 0.5) is 0 Å². The van der Waals surface area contributed by atoms with Crippen LogP contribution in [-0.4, -0.2) is 74.5 Å². The van der Waals surface area contributed by atoms with Crippen LogP contribution in [0.5, 0.6) is 5.88 Å². The minimum atomic E-state index is -0.106. The molecule has 2 aliphatic heterocycles. The molecule has 2 unspecified atom stereocenters. The number of piperidine rings is 1. The van der Waals surface area contributed by atoms with E-state index in [0.29, 0.717) is 48.4 Å². The van der Waals surface area contributed by atoms with Crippen LogP contribution in [0.2, 0.25) is 5.02 Å². The fraction of sp³-hybridized carbons (Fsp3) is 0.667. The van der Waals surface area contributed by atoms with Gasteiger partial charge in [-0.2, -0.15) is 0 Å². The first-order valence-corrected chi connectivity index (χ1v) is 9.36. The second kappa shape index (κ2) is 8.99. The molecule has 7 nitrogen and oxygen atoms in total. The number of ether oxygens (including phenoxy) is 3. The van der Waals surface area contributed by atoms with Crippen LogP contribution < -0.4 is 10.1 Å². The number of rotatable bonds is 5. The summed E-state index contributed by atoms with van der Waals surface area (Å²) < 4.78 is 16.1. The van der Waals surface area contributed by atoms with E-state index in [1.165, 1.54) is 7.11 Å². The minimum absolute atomic E-state index is 0.0894. The van der Waals surface area contributed by atoms with E-state index in [9.17, 15) is 4.79 Å². The zero-order chi connectivity index (χ0) is 18.5. The number of pyridine rings is 1. The van der Waals surface area contributed by atoms with Gasteiger partial charge in [-0.25, -0.2) is 4.98 Å². The highest BCUT2D eigenvalue weighted by molar-refractivity contribution is 6.31. The summed E-state index contributed by atoms with van der Waals surface area (Å²) in [5, 5.41) is 4.13. The van der Waals surface area contributed by atoms with Crippen molar-refractivity contribution in [3.8, 4) is 5.88 Å². The monoisotopic (exact) mass is 383 g/mol. The van der Waals surface area contributed by atoms with Crippen molar-refractivity contribution < 1.29 is 19.0 Å². The standard InChI is InChI=1S/C18H26ClN3O4/c1-24-16-11-26-8-5-14(16)20-13-3-6-22(7-4-13)18(23)15-9-12(19)10-17(21-15)25-2/h9-10,13-14,16,20H,3-8,11H2,1-2H3. The molecular formula is C18H26ClN3O4. The third-order valence-electron chi connectivity index (χ3n) is 5.03. The van der Waals surface area contributed by atoms with Crippen molar-refractivity contribution in [1.29, 1.82) is 0 Å². The maximum Gasteiger partial charge on any atom is 0.272 e. The van der Waals surface area contributed by atoms with Gasteiger partial charge in [0.05, 0.1) is 19.8 Å². The highest BCUT2D eigenvalue weighted by Crippen LogP contribution is 2.21. The van der Waals surface area contributed by atoms with E-state index in [4.69, 9.17) is 25.8 Å². The van der Waals surface area contributed by atoms with Crippen molar-refractivity contribution >= 4 is 17.5 Å². The van der Waals surface area contributed by atoms with Gasteiger partial charge in [-0.15, -0.1) is 0 Å². The first-order chi connectivity index (χ1) is 12.6. The molecule has 1 aromatic rings. The minimum Gasteiger partial charge on any atom is -0.481 e. The number of hydrogen-bond donors (Lipinski definition) is 1. The summed E-state index contributed by atoms with van der Waals surface area (Å²) in [6.45, 7) is 2.77. The summed E-state index contributed by atoms with van der Waals surface area (Å²) >= 11 is 6.05. The van der Waals surface area contributed by atoms with Crippen LogP contribution in [0.15, 0.2) is 12.1 Å². The lowest BCUT2D eigenvalue weighted by Crippen LogP contribution is -2.54. The predicted octanol–water partition coefficient (Wildman–Crippen LogP) is 1.74. The number of halogens is 1. The molecule has 2 atom stereocenters. The second-order valence-electron chi connectivity index (χ2n) is 6.69. The van der Waals surface area contributed by atoms with E-state index < -0.39 is 0 Å². The number of nitrogens with one attached hydrogen (secondary N) is 1. The van der Waals surface area contributed by atoms with Gasteiger partial charge in [0, 0.05) is 50.0 Å². The quantitative estimate of drug-likeness (QED) is 0.835. The van der Waals surface area contributed by atoms with Gasteiger partial charge in [0.1, 0.15) is 5.69 Å². The van der Waals surface area contributed by atoms with Crippen LogP contribution in [0.25, 0.3) is 0 Å². The maximum atomic E-state index is 12.7. The lowest BCUT2D eigenvalue weighted by atomic mass is 9.99. The molecule has 0 radical (unpaired) electrons. The van der Waals surface area contributed by atoms with Gasteiger partial charge < -0.3 is 24.4 Å². The van der Waals surface area contributed by atoms with Crippen molar-refractivity contribution in [2.24, 2.45) is 0 Å². The molecular weight excluding hydrogens is 358 g/mol. The molecule has 3 heterocycles. The SMILES string of the molecule is COc1cc(Cl)cc(C(=O)N2CCC(NC3CCOCC3OC)CC2)n1. The lowest BCUT2D eigenvalue weighted by Gasteiger charge is -2.38. The topological polar surface area (TPSA) is 72.9 Å². The van der Waals surface area contributed by atoms with Crippen molar-refractivity contribution in [3.63, 3.8) is 0 Å². The zero-order valence-electron chi connectivity index (χ0n) is 15.2. The third kappa shape index (κ3) is 4.65. The number of carbonyl (C=O) groups is 1. The van der Waals surface area contributed by atoms with Gasteiger partial charge in [-0.1, -0.05) is 11.6 Å². The predicted molar refractivity (Wildman–Crippen MR) is 97.9 cm³/mol. The first-order valence-electron chi connectivity index (χ1n) is 8.98. The fourth-order valence-electron chi connectivity index (χ4n) is 3.54. The van der Waals surface area contributed by atoms with Crippen LogP contribution >= 0.6 is 11.6 Å². The van der Waals surface area contributed by atoms with Gasteiger partial charge in [0.25, 0.3) is 5.91 Å². The molecule has 1 amide bonds. The van der Waals surface area contributed by atoms with E-state index in [0.717, 1.165) is 25.9 Å². The molecule has 144 valence electrons. The molecule has 0 aliphatic carbocycles. The van der Waals surface area contributed by atoms with Gasteiger partial charge in [-0.05, 0) is 25.3 Å². The third-order valence-corrected chi connectivity index (χ3v) is 5.25. The number of carbonyl (C=O) groups excluding carboxylic acids is 1. The lowest BCUT2D eigenvalue weighted by molar-refractivity contribution is -0.0533. The Kier molecular flexibility index (Phi) is 6.69. The Bertz CT molecular complexity index is 622. The number of hydrogen-bond acceptors (Lipinski definition) is 6. The van der Waals surface area contributed by atoms with E-state index in [-0.39, 0.29) is 12.0 Å². The molecule has 1 aromatic heterocycles. The maximum absolute atomic E-state index is 12.7. The van der Waals surface area contributed by atoms with Crippen molar-refractivity contribution in [2.45, 2.75) is 37.5 Å². The van der Waals surface area contributed by atoms with Gasteiger partial charge >= 0.3 is 0 Å². The molecule has 3 rings (SSSR count). The number of aromatic nitrogens is 1. The van der Waals surface area contributed by atoms with Crippen LogP contribution in [-0.2, 0) is 9.47 Å². The Morgan fingerprint density at radius 1 is 1.31 bits per heavy atom. The molecule has 0 spiro atoms.